The lowest BCUT2D eigenvalue weighted by molar-refractivity contribution is -0.122. The van der Waals surface area contributed by atoms with Gasteiger partial charge in [-0.2, -0.15) is 10.2 Å². The van der Waals surface area contributed by atoms with Crippen LogP contribution >= 0.6 is 0 Å². The molecule has 2 amide bonds. The predicted octanol–water partition coefficient (Wildman–Crippen LogP) is 0.981. The van der Waals surface area contributed by atoms with E-state index >= 15 is 0 Å². The fourth-order valence-electron chi connectivity index (χ4n) is 2.86. The van der Waals surface area contributed by atoms with E-state index in [1.54, 1.807) is 23.5 Å². The fraction of sp³-hybridized carbons (Fsp3) is 0.267. The lowest BCUT2D eigenvalue weighted by atomic mass is 10.1. The smallest absolute Gasteiger partial charge is 0.229 e. The van der Waals surface area contributed by atoms with E-state index in [1.165, 1.54) is 0 Å². The Balaban J connectivity index is 1.49. The Labute approximate surface area is 136 Å². The van der Waals surface area contributed by atoms with Crippen molar-refractivity contribution in [1.29, 1.82) is 0 Å². The Morgan fingerprint density at radius 1 is 1.42 bits per heavy atom. The number of carbonyl (C=O) groups is 2. The molecule has 3 aromatic rings. The number of amides is 2. The second kappa shape index (κ2) is 5.44. The first-order chi connectivity index (χ1) is 11.6. The number of hydrogen-bond donors (Lipinski definition) is 3. The second-order valence-corrected chi connectivity index (χ2v) is 5.79. The minimum atomic E-state index is -0.409. The molecular formula is C15H15N7O2. The number of fused-ring (bicyclic) bond motifs is 1. The molecule has 1 saturated heterocycles. The molecule has 0 spiro atoms. The number of aryl methyl sites for hydroxylation is 1. The van der Waals surface area contributed by atoms with Crippen molar-refractivity contribution in [3.05, 3.63) is 30.4 Å². The zero-order valence-corrected chi connectivity index (χ0v) is 12.9. The van der Waals surface area contributed by atoms with Crippen LogP contribution in [0, 0.1) is 12.8 Å². The van der Waals surface area contributed by atoms with Crippen LogP contribution in [-0.2, 0) is 9.59 Å². The van der Waals surface area contributed by atoms with E-state index < -0.39 is 5.92 Å². The molecule has 1 aliphatic heterocycles. The third kappa shape index (κ3) is 2.39. The first-order valence-corrected chi connectivity index (χ1v) is 7.52. The van der Waals surface area contributed by atoms with Gasteiger partial charge < -0.3 is 10.2 Å². The highest BCUT2D eigenvalue weighted by atomic mass is 16.2. The van der Waals surface area contributed by atoms with E-state index in [0.29, 0.717) is 23.6 Å². The van der Waals surface area contributed by atoms with Gasteiger partial charge >= 0.3 is 0 Å². The summed E-state index contributed by atoms with van der Waals surface area (Å²) in [5.41, 5.74) is 2.75. The summed E-state index contributed by atoms with van der Waals surface area (Å²) in [6.45, 7) is 2.23. The summed E-state index contributed by atoms with van der Waals surface area (Å²) >= 11 is 0. The van der Waals surface area contributed by atoms with Crippen LogP contribution in [0.1, 0.15) is 12.1 Å². The van der Waals surface area contributed by atoms with Gasteiger partial charge in [0.2, 0.25) is 11.8 Å². The van der Waals surface area contributed by atoms with E-state index in [9.17, 15) is 9.59 Å². The number of anilines is 2. The maximum Gasteiger partial charge on any atom is 0.229 e. The predicted molar refractivity (Wildman–Crippen MR) is 86.3 cm³/mol. The topological polar surface area (TPSA) is 120 Å². The van der Waals surface area contributed by atoms with Crippen molar-refractivity contribution in [2.45, 2.75) is 13.3 Å². The number of aromatic amines is 2. The average Bonchev–Trinajstić information content (AvgIpc) is 3.28. The standard InChI is InChI=1S/C15H15N7O2/c1-8-12-3-10(4-16-14(12)21-20-8)19-15(24)9-2-13(23)22(7-9)11-5-17-18-6-11/h3-6,9H,2,7H2,1H3,(H,17,18)(H,19,24)(H,16,20,21)/t9-/m1/s1. The Bertz CT molecular complexity index is 915. The molecule has 122 valence electrons. The third-order valence-corrected chi connectivity index (χ3v) is 4.16. The van der Waals surface area contributed by atoms with Crippen molar-refractivity contribution in [3.8, 4) is 0 Å². The van der Waals surface area contributed by atoms with Gasteiger partial charge in [0.1, 0.15) is 0 Å². The highest BCUT2D eigenvalue weighted by Crippen LogP contribution is 2.25. The van der Waals surface area contributed by atoms with Gasteiger partial charge in [-0.3, -0.25) is 19.8 Å². The molecule has 0 aliphatic carbocycles. The van der Waals surface area contributed by atoms with Crippen LogP contribution < -0.4 is 10.2 Å². The number of nitrogens with one attached hydrogen (secondary N) is 3. The Hall–Kier alpha value is -3.23. The molecular weight excluding hydrogens is 310 g/mol. The van der Waals surface area contributed by atoms with Gasteiger partial charge in [-0.15, -0.1) is 0 Å². The van der Waals surface area contributed by atoms with Crippen LogP contribution in [0.2, 0.25) is 0 Å². The molecule has 0 bridgehead atoms. The van der Waals surface area contributed by atoms with E-state index in [0.717, 1.165) is 11.1 Å². The minimum absolute atomic E-state index is 0.0872. The summed E-state index contributed by atoms with van der Waals surface area (Å²) < 4.78 is 0. The molecule has 0 unspecified atom stereocenters. The van der Waals surface area contributed by atoms with Gasteiger partial charge in [-0.25, -0.2) is 4.98 Å². The highest BCUT2D eigenvalue weighted by molar-refractivity contribution is 6.03. The normalized spacial score (nSPS) is 17.6. The van der Waals surface area contributed by atoms with Crippen molar-refractivity contribution in [1.82, 2.24) is 25.4 Å². The molecule has 24 heavy (non-hydrogen) atoms. The number of hydrogen-bond acceptors (Lipinski definition) is 5. The zero-order chi connectivity index (χ0) is 16.7. The van der Waals surface area contributed by atoms with Gasteiger partial charge in [-0.1, -0.05) is 0 Å². The van der Waals surface area contributed by atoms with E-state index in [4.69, 9.17) is 0 Å². The molecule has 3 N–H and O–H groups in total. The van der Waals surface area contributed by atoms with Crippen LogP contribution in [0.5, 0.6) is 0 Å². The van der Waals surface area contributed by atoms with Crippen LogP contribution in [0.4, 0.5) is 11.4 Å². The number of aromatic nitrogens is 5. The molecule has 4 rings (SSSR count). The molecule has 1 fully saturated rings. The summed E-state index contributed by atoms with van der Waals surface area (Å²) in [5.74, 6) is -0.694. The summed E-state index contributed by atoms with van der Waals surface area (Å²) in [5, 5.41) is 17.1. The Morgan fingerprint density at radius 2 is 2.29 bits per heavy atom. The maximum atomic E-state index is 12.5. The first kappa shape index (κ1) is 14.4. The number of rotatable bonds is 3. The van der Waals surface area contributed by atoms with Crippen LogP contribution in [-0.4, -0.2) is 43.7 Å². The summed E-state index contributed by atoms with van der Waals surface area (Å²) in [4.78, 5) is 30.3. The van der Waals surface area contributed by atoms with Crippen molar-refractivity contribution in [3.63, 3.8) is 0 Å². The number of pyridine rings is 1. The molecule has 9 nitrogen and oxygen atoms in total. The van der Waals surface area contributed by atoms with Gasteiger partial charge in [0.15, 0.2) is 5.65 Å². The maximum absolute atomic E-state index is 12.5. The molecule has 4 heterocycles. The van der Waals surface area contributed by atoms with Gasteiger partial charge in [0, 0.05) is 30.2 Å². The van der Waals surface area contributed by atoms with Crippen molar-refractivity contribution in [2.75, 3.05) is 16.8 Å². The van der Waals surface area contributed by atoms with Gasteiger partial charge in [0.05, 0.1) is 29.7 Å². The zero-order valence-electron chi connectivity index (χ0n) is 12.9. The van der Waals surface area contributed by atoms with Crippen molar-refractivity contribution < 1.29 is 9.59 Å². The third-order valence-electron chi connectivity index (χ3n) is 4.16. The molecule has 3 aromatic heterocycles. The molecule has 0 saturated carbocycles. The average molecular weight is 325 g/mol. The molecule has 9 heteroatoms. The van der Waals surface area contributed by atoms with Gasteiger partial charge in [-0.05, 0) is 13.0 Å². The SMILES string of the molecule is Cc1[nH]nc2ncc(NC(=O)[C@@H]3CC(=O)N(c4cn[nH]c4)C3)cc12. The Kier molecular flexibility index (Phi) is 3.26. The van der Waals surface area contributed by atoms with E-state index in [-0.39, 0.29) is 18.2 Å². The van der Waals surface area contributed by atoms with Crippen LogP contribution in [0.3, 0.4) is 0 Å². The van der Waals surface area contributed by atoms with Gasteiger partial charge in [0.25, 0.3) is 0 Å². The quantitative estimate of drug-likeness (QED) is 0.663. The summed E-state index contributed by atoms with van der Waals surface area (Å²) in [7, 11) is 0. The summed E-state index contributed by atoms with van der Waals surface area (Å²) in [6, 6.07) is 1.82. The van der Waals surface area contributed by atoms with Crippen molar-refractivity contribution >= 4 is 34.2 Å². The molecule has 0 radical (unpaired) electrons. The highest BCUT2D eigenvalue weighted by Gasteiger charge is 2.35. The van der Waals surface area contributed by atoms with Crippen molar-refractivity contribution in [2.24, 2.45) is 5.92 Å². The fourth-order valence-corrected chi connectivity index (χ4v) is 2.86. The number of nitrogens with zero attached hydrogens (tertiary/aromatic N) is 4. The minimum Gasteiger partial charge on any atom is -0.324 e. The lowest BCUT2D eigenvalue weighted by Gasteiger charge is -2.14. The summed E-state index contributed by atoms with van der Waals surface area (Å²) in [6.07, 6.45) is 4.94. The lowest BCUT2D eigenvalue weighted by Crippen LogP contribution is -2.27. The largest absolute Gasteiger partial charge is 0.324 e. The molecule has 1 aliphatic rings. The monoisotopic (exact) mass is 325 g/mol. The van der Waals surface area contributed by atoms with E-state index in [2.05, 4.69) is 30.7 Å². The number of H-pyrrole nitrogens is 2. The first-order valence-electron chi connectivity index (χ1n) is 7.52. The van der Waals surface area contributed by atoms with Crippen LogP contribution in [0.15, 0.2) is 24.7 Å². The molecule has 1 atom stereocenters. The molecule has 0 aromatic carbocycles. The Morgan fingerprint density at radius 3 is 3.08 bits per heavy atom. The van der Waals surface area contributed by atoms with E-state index in [1.807, 2.05) is 13.0 Å². The second-order valence-electron chi connectivity index (χ2n) is 5.79. The number of carbonyl (C=O) groups excluding carboxylic acids is 2. The van der Waals surface area contributed by atoms with Crippen LogP contribution in [0.25, 0.3) is 11.0 Å².